The molecule has 0 saturated carbocycles. The fraction of sp³-hybridized carbons (Fsp3) is 0.600. The van der Waals surface area contributed by atoms with Crippen LogP contribution in [-0.2, 0) is 36.5 Å². The molecule has 0 fully saturated rings. The molecule has 0 aromatic heterocycles. The number of carbonyl (C=O) groups is 4. The Morgan fingerprint density at radius 1 is 0.591 bits per heavy atom. The predicted octanol–water partition coefficient (Wildman–Crippen LogP) is -2.99. The summed E-state index contributed by atoms with van der Waals surface area (Å²) >= 11 is 0. The molecular weight excluding hydrogens is 368 g/mol. The van der Waals surface area contributed by atoms with E-state index >= 15 is 0 Å². The Morgan fingerprint density at radius 2 is 0.773 bits per heavy atom. The van der Waals surface area contributed by atoms with E-state index in [1.165, 1.54) is 0 Å². The zero-order valence-corrected chi connectivity index (χ0v) is 12.2. The van der Waals surface area contributed by atoms with E-state index in [2.05, 4.69) is 0 Å². The van der Waals surface area contributed by atoms with Gasteiger partial charge in [0.15, 0.2) is 0 Å². The third kappa shape index (κ3) is 16.0. The summed E-state index contributed by atoms with van der Waals surface area (Å²) in [6.45, 7) is -2.25. The summed E-state index contributed by atoms with van der Waals surface area (Å²) in [5.41, 5.74) is 0. The molecule has 0 rings (SSSR count). The maximum absolute atomic E-state index is 10.6. The monoisotopic (exact) mass is 386 g/mol. The molecule has 0 aromatic carbocycles. The summed E-state index contributed by atoms with van der Waals surface area (Å²) < 4.78 is 0. The minimum absolute atomic E-state index is 0. The van der Waals surface area contributed by atoms with Gasteiger partial charge in [0.1, 0.15) is 0 Å². The molecule has 0 radical (unpaired) electrons. The molecule has 4 N–H and O–H groups in total. The van der Waals surface area contributed by atoms with Crippen molar-refractivity contribution < 1.29 is 57.0 Å². The largest absolute Gasteiger partial charge is 0 e. The van der Waals surface area contributed by atoms with E-state index < -0.39 is 50.1 Å². The van der Waals surface area contributed by atoms with Crippen molar-refractivity contribution in [1.29, 1.82) is 0 Å². The van der Waals surface area contributed by atoms with Crippen LogP contribution in [0.1, 0.15) is 0 Å². The number of hydrogen-bond donors (Lipinski definition) is 4. The average Bonchev–Trinajstić information content (AvgIpc) is 2.22. The minimum atomic E-state index is -1.23. The molecule has 0 aromatic rings. The smallest absolute Gasteiger partial charge is 0 e. The molecule has 0 heterocycles. The Balaban J connectivity index is -0.00000180. The third-order valence-electron chi connectivity index (χ3n) is 2.17. The second-order valence-corrected chi connectivity index (χ2v) is 4.00. The molecule has 124 valence electrons. The molecule has 10 nitrogen and oxygen atoms in total. The normalized spacial score (nSPS) is 9.73. The van der Waals surface area contributed by atoms with Gasteiger partial charge in [-0.05, 0) is 0 Å². The number of nitrogens with zero attached hydrogens (tertiary/aromatic N) is 2. The first-order chi connectivity index (χ1) is 9.20. The Bertz CT molecular complexity index is 327. The standard InChI is InChI=1S/C10H16N2O8.Ca.Cr.2H/c13-7(14)3-11(4-8(15)16)1-2-12(5-9(17)18)6-10(19)20;;;;/h1-6H2,(H,13,14)(H,15,16)(H,17,18)(H,19,20);;;;. The third-order valence-corrected chi connectivity index (χ3v) is 2.17. The first-order valence-corrected chi connectivity index (χ1v) is 5.52. The molecule has 0 aliphatic rings. The van der Waals surface area contributed by atoms with Gasteiger partial charge in [0.2, 0.25) is 0 Å². The second kappa shape index (κ2) is 14.2. The average molecular weight is 386 g/mol. The van der Waals surface area contributed by atoms with Gasteiger partial charge in [0.05, 0.1) is 26.2 Å². The van der Waals surface area contributed by atoms with E-state index in [-0.39, 0.29) is 68.2 Å². The van der Waals surface area contributed by atoms with Crippen LogP contribution in [-0.4, -0.2) is 131 Å². The van der Waals surface area contributed by atoms with E-state index in [9.17, 15) is 19.2 Å². The molecule has 0 saturated heterocycles. The molecule has 0 aliphatic carbocycles. The van der Waals surface area contributed by atoms with E-state index in [1.807, 2.05) is 0 Å². The fourth-order valence-electron chi connectivity index (χ4n) is 1.48. The second-order valence-electron chi connectivity index (χ2n) is 4.00. The van der Waals surface area contributed by atoms with E-state index in [0.29, 0.717) is 0 Å². The quantitative estimate of drug-likeness (QED) is 0.270. The van der Waals surface area contributed by atoms with Crippen molar-refractivity contribution in [3.8, 4) is 0 Å². The van der Waals surface area contributed by atoms with Crippen LogP contribution in [0.4, 0.5) is 0 Å². The molecule has 0 atom stereocenters. The van der Waals surface area contributed by atoms with Crippen LogP contribution < -0.4 is 0 Å². The topological polar surface area (TPSA) is 156 Å². The van der Waals surface area contributed by atoms with Gasteiger partial charge < -0.3 is 20.4 Å². The Hall–Kier alpha value is -0.408. The van der Waals surface area contributed by atoms with Gasteiger partial charge >= 0.3 is 61.6 Å². The van der Waals surface area contributed by atoms with E-state index in [0.717, 1.165) is 9.80 Å². The summed E-state index contributed by atoms with van der Waals surface area (Å²) in [5.74, 6) is -4.91. The number of rotatable bonds is 11. The number of hydrogen-bond acceptors (Lipinski definition) is 6. The van der Waals surface area contributed by atoms with Crippen LogP contribution in [0.2, 0.25) is 0 Å². The van der Waals surface area contributed by atoms with E-state index in [4.69, 9.17) is 20.4 Å². The van der Waals surface area contributed by atoms with Crippen LogP contribution in [0.5, 0.6) is 0 Å². The first kappa shape index (κ1) is 26.5. The van der Waals surface area contributed by atoms with Gasteiger partial charge in [-0.15, -0.1) is 0 Å². The Kier molecular flexibility index (Phi) is 17.1. The van der Waals surface area contributed by atoms with Gasteiger partial charge in [0, 0.05) is 30.5 Å². The summed E-state index contributed by atoms with van der Waals surface area (Å²) in [4.78, 5) is 44.4. The maximum atomic E-state index is 10.6. The fourth-order valence-corrected chi connectivity index (χ4v) is 1.48. The van der Waals surface area contributed by atoms with Gasteiger partial charge in [-0.1, -0.05) is 0 Å². The van der Waals surface area contributed by atoms with Crippen LogP contribution in [0.15, 0.2) is 0 Å². The van der Waals surface area contributed by atoms with Crippen molar-refractivity contribution >= 4 is 61.6 Å². The summed E-state index contributed by atoms with van der Waals surface area (Å²) in [7, 11) is 0. The van der Waals surface area contributed by atoms with Crippen molar-refractivity contribution in [2.24, 2.45) is 0 Å². The maximum Gasteiger partial charge on any atom is 0 e. The molecular formula is C10H18CaCrN2O8. The van der Waals surface area contributed by atoms with Crippen molar-refractivity contribution in [1.82, 2.24) is 9.80 Å². The molecule has 0 aliphatic heterocycles. The predicted molar refractivity (Wildman–Crippen MR) is 72.0 cm³/mol. The summed E-state index contributed by atoms with van der Waals surface area (Å²) in [6.07, 6.45) is 0. The number of aliphatic carboxylic acids is 4. The number of carboxylic acid groups (broad SMARTS) is 4. The first-order valence-electron chi connectivity index (χ1n) is 5.52. The van der Waals surface area contributed by atoms with Crippen LogP contribution >= 0.6 is 0 Å². The molecule has 0 bridgehead atoms. The van der Waals surface area contributed by atoms with Gasteiger partial charge in [-0.25, -0.2) is 0 Å². The molecule has 0 amide bonds. The zero-order chi connectivity index (χ0) is 15.7. The zero-order valence-electron chi connectivity index (χ0n) is 11.0. The van der Waals surface area contributed by atoms with Crippen molar-refractivity contribution in [3.05, 3.63) is 0 Å². The van der Waals surface area contributed by atoms with Crippen LogP contribution in [0.25, 0.3) is 0 Å². The van der Waals surface area contributed by atoms with Gasteiger partial charge in [-0.2, -0.15) is 0 Å². The van der Waals surface area contributed by atoms with E-state index in [1.54, 1.807) is 0 Å². The SMILES string of the molecule is O=C(O)CN(CCN(CC(=O)O)CC(=O)O)CC(=O)O.[CaH2].[Cr]. The van der Waals surface area contributed by atoms with Crippen molar-refractivity contribution in [2.75, 3.05) is 39.3 Å². The molecule has 12 heteroatoms. The molecule has 0 unspecified atom stereocenters. The molecule has 22 heavy (non-hydrogen) atoms. The van der Waals surface area contributed by atoms with Crippen molar-refractivity contribution in [3.63, 3.8) is 0 Å². The Morgan fingerprint density at radius 3 is 0.909 bits per heavy atom. The molecule has 0 spiro atoms. The summed E-state index contributed by atoms with van der Waals surface area (Å²) in [5, 5.41) is 34.5. The van der Waals surface area contributed by atoms with Crippen LogP contribution in [0.3, 0.4) is 0 Å². The minimum Gasteiger partial charge on any atom is 0 e. The number of carboxylic acids is 4. The van der Waals surface area contributed by atoms with Crippen LogP contribution in [0, 0.1) is 0 Å². The van der Waals surface area contributed by atoms with Crippen molar-refractivity contribution in [2.45, 2.75) is 0 Å². The van der Waals surface area contributed by atoms with Gasteiger partial charge in [0.25, 0.3) is 0 Å². The Labute approximate surface area is 166 Å². The summed E-state index contributed by atoms with van der Waals surface area (Å²) in [6, 6.07) is 0. The van der Waals surface area contributed by atoms with Gasteiger partial charge in [-0.3, -0.25) is 29.0 Å².